The summed E-state index contributed by atoms with van der Waals surface area (Å²) in [4.78, 5) is 4.42. The number of nitrogens with one attached hydrogen (secondary N) is 1. The zero-order valence-corrected chi connectivity index (χ0v) is 12.1. The Bertz CT molecular complexity index is 392. The van der Waals surface area contributed by atoms with Crippen LogP contribution in [0.1, 0.15) is 57.1 Å². The van der Waals surface area contributed by atoms with Crippen LogP contribution < -0.4 is 5.32 Å². The van der Waals surface area contributed by atoms with E-state index in [0.717, 1.165) is 30.8 Å². The summed E-state index contributed by atoms with van der Waals surface area (Å²) >= 11 is 0. The molecule has 3 nitrogen and oxygen atoms in total. The minimum atomic E-state index is 0.727. The first-order chi connectivity index (χ1) is 9.33. The average molecular weight is 261 g/mol. The van der Waals surface area contributed by atoms with Gasteiger partial charge in [-0.25, -0.2) is 4.98 Å². The molecule has 0 bridgehead atoms. The van der Waals surface area contributed by atoms with E-state index in [4.69, 9.17) is 0 Å². The number of piperidine rings is 1. The van der Waals surface area contributed by atoms with E-state index in [1.807, 2.05) is 0 Å². The third-order valence-electron chi connectivity index (χ3n) is 5.00. The molecule has 2 unspecified atom stereocenters. The van der Waals surface area contributed by atoms with Crippen LogP contribution in [0.2, 0.25) is 0 Å². The Kier molecular flexibility index (Phi) is 4.21. The van der Waals surface area contributed by atoms with E-state index in [9.17, 15) is 0 Å². The maximum atomic E-state index is 4.42. The molecule has 1 aromatic heterocycles. The van der Waals surface area contributed by atoms with Crippen LogP contribution in [-0.2, 0) is 6.54 Å². The van der Waals surface area contributed by atoms with Crippen molar-refractivity contribution in [2.75, 3.05) is 13.1 Å². The fourth-order valence-corrected chi connectivity index (χ4v) is 3.94. The Balaban J connectivity index is 1.65. The molecule has 0 radical (unpaired) electrons. The van der Waals surface area contributed by atoms with Gasteiger partial charge in [0.25, 0.3) is 0 Å². The molecular weight excluding hydrogens is 234 g/mol. The van der Waals surface area contributed by atoms with E-state index in [-0.39, 0.29) is 0 Å². The smallest absolute Gasteiger partial charge is 0.0948 e. The molecule has 106 valence electrons. The summed E-state index contributed by atoms with van der Waals surface area (Å²) in [6, 6.07) is 0. The zero-order chi connectivity index (χ0) is 13.1. The second-order valence-corrected chi connectivity index (χ2v) is 6.63. The van der Waals surface area contributed by atoms with Crippen molar-refractivity contribution in [3.8, 4) is 0 Å². The van der Waals surface area contributed by atoms with Crippen LogP contribution in [0.15, 0.2) is 12.5 Å². The lowest BCUT2D eigenvalue weighted by atomic mass is 9.82. The number of aromatic nitrogens is 2. The van der Waals surface area contributed by atoms with Crippen molar-refractivity contribution < 1.29 is 0 Å². The van der Waals surface area contributed by atoms with Crippen molar-refractivity contribution in [2.24, 2.45) is 11.8 Å². The van der Waals surface area contributed by atoms with Crippen LogP contribution in [0.3, 0.4) is 0 Å². The first-order valence-corrected chi connectivity index (χ1v) is 8.03. The summed E-state index contributed by atoms with van der Waals surface area (Å²) in [5.74, 6) is 2.52. The SMILES string of the molecule is CC1CCCC(Cn2cncc2C2CCNCC2)C1. The minimum absolute atomic E-state index is 0.727. The molecule has 0 aromatic carbocycles. The van der Waals surface area contributed by atoms with Crippen LogP contribution in [0.5, 0.6) is 0 Å². The van der Waals surface area contributed by atoms with E-state index in [2.05, 4.69) is 34.3 Å². The highest BCUT2D eigenvalue weighted by atomic mass is 15.1. The second-order valence-electron chi connectivity index (χ2n) is 6.63. The molecule has 2 fully saturated rings. The zero-order valence-electron chi connectivity index (χ0n) is 12.1. The summed E-state index contributed by atoms with van der Waals surface area (Å²) in [6.07, 6.45) is 12.4. The number of nitrogens with zero attached hydrogens (tertiary/aromatic N) is 2. The van der Waals surface area contributed by atoms with Crippen LogP contribution in [0, 0.1) is 11.8 Å². The highest BCUT2D eigenvalue weighted by Crippen LogP contribution is 2.31. The van der Waals surface area contributed by atoms with Crippen molar-refractivity contribution in [3.05, 3.63) is 18.2 Å². The lowest BCUT2D eigenvalue weighted by Gasteiger charge is -2.29. The van der Waals surface area contributed by atoms with Gasteiger partial charge in [0.05, 0.1) is 6.33 Å². The molecule has 3 rings (SSSR count). The van der Waals surface area contributed by atoms with E-state index in [0.29, 0.717) is 0 Å². The molecule has 19 heavy (non-hydrogen) atoms. The Labute approximate surface area is 116 Å². The van der Waals surface area contributed by atoms with Gasteiger partial charge in [0.1, 0.15) is 0 Å². The fraction of sp³-hybridized carbons (Fsp3) is 0.812. The molecule has 1 aliphatic carbocycles. The monoisotopic (exact) mass is 261 g/mol. The average Bonchev–Trinajstić information content (AvgIpc) is 2.88. The van der Waals surface area contributed by atoms with Crippen molar-refractivity contribution in [1.82, 2.24) is 14.9 Å². The molecule has 1 saturated carbocycles. The first kappa shape index (κ1) is 13.2. The summed E-state index contributed by atoms with van der Waals surface area (Å²) in [6.45, 7) is 5.93. The van der Waals surface area contributed by atoms with Crippen molar-refractivity contribution in [3.63, 3.8) is 0 Å². The predicted molar refractivity (Wildman–Crippen MR) is 78.2 cm³/mol. The molecule has 2 atom stereocenters. The van der Waals surface area contributed by atoms with Crippen LogP contribution in [-0.4, -0.2) is 22.6 Å². The number of imidazole rings is 1. The largest absolute Gasteiger partial charge is 0.334 e. The van der Waals surface area contributed by atoms with Gasteiger partial charge in [0, 0.05) is 24.4 Å². The van der Waals surface area contributed by atoms with Gasteiger partial charge in [-0.1, -0.05) is 19.8 Å². The third kappa shape index (κ3) is 3.19. The molecule has 1 aliphatic heterocycles. The molecule has 0 amide bonds. The normalized spacial score (nSPS) is 29.5. The highest BCUT2D eigenvalue weighted by molar-refractivity contribution is 5.08. The van der Waals surface area contributed by atoms with Gasteiger partial charge in [-0.3, -0.25) is 0 Å². The Morgan fingerprint density at radius 1 is 1.26 bits per heavy atom. The summed E-state index contributed by atoms with van der Waals surface area (Å²) < 4.78 is 2.46. The van der Waals surface area contributed by atoms with Gasteiger partial charge in [0.15, 0.2) is 0 Å². The van der Waals surface area contributed by atoms with Crippen LogP contribution in [0.25, 0.3) is 0 Å². The standard InChI is InChI=1S/C16H27N3/c1-13-3-2-4-14(9-13)11-19-12-18-10-16(19)15-5-7-17-8-6-15/h10,12-15,17H,2-9,11H2,1H3. The molecule has 1 N–H and O–H groups in total. The van der Waals surface area contributed by atoms with Gasteiger partial charge in [-0.2, -0.15) is 0 Å². The first-order valence-electron chi connectivity index (χ1n) is 8.03. The van der Waals surface area contributed by atoms with Gasteiger partial charge in [-0.15, -0.1) is 0 Å². The topological polar surface area (TPSA) is 29.9 Å². The second kappa shape index (κ2) is 6.08. The lowest BCUT2D eigenvalue weighted by Crippen LogP contribution is -2.28. The van der Waals surface area contributed by atoms with Gasteiger partial charge in [0.2, 0.25) is 0 Å². The summed E-state index contributed by atoms with van der Waals surface area (Å²) in [7, 11) is 0. The molecule has 1 aromatic rings. The Hall–Kier alpha value is -0.830. The van der Waals surface area contributed by atoms with Crippen LogP contribution >= 0.6 is 0 Å². The maximum Gasteiger partial charge on any atom is 0.0948 e. The van der Waals surface area contributed by atoms with Crippen LogP contribution in [0.4, 0.5) is 0 Å². The highest BCUT2D eigenvalue weighted by Gasteiger charge is 2.23. The minimum Gasteiger partial charge on any atom is -0.334 e. The Morgan fingerprint density at radius 2 is 2.11 bits per heavy atom. The van der Waals surface area contributed by atoms with Gasteiger partial charge in [-0.05, 0) is 50.6 Å². The lowest BCUT2D eigenvalue weighted by molar-refractivity contribution is 0.253. The summed E-state index contributed by atoms with van der Waals surface area (Å²) in [5, 5.41) is 3.45. The van der Waals surface area contributed by atoms with Crippen molar-refractivity contribution in [1.29, 1.82) is 0 Å². The van der Waals surface area contributed by atoms with E-state index >= 15 is 0 Å². The van der Waals surface area contributed by atoms with E-state index < -0.39 is 0 Å². The van der Waals surface area contributed by atoms with Gasteiger partial charge >= 0.3 is 0 Å². The Morgan fingerprint density at radius 3 is 2.89 bits per heavy atom. The third-order valence-corrected chi connectivity index (χ3v) is 5.00. The van der Waals surface area contributed by atoms with Gasteiger partial charge < -0.3 is 9.88 Å². The summed E-state index contributed by atoms with van der Waals surface area (Å²) in [5.41, 5.74) is 1.49. The maximum absolute atomic E-state index is 4.42. The van der Waals surface area contributed by atoms with E-state index in [1.165, 1.54) is 50.8 Å². The fourth-order valence-electron chi connectivity index (χ4n) is 3.94. The molecule has 3 heteroatoms. The number of hydrogen-bond donors (Lipinski definition) is 1. The molecular formula is C16H27N3. The molecule has 2 heterocycles. The van der Waals surface area contributed by atoms with Crippen molar-refractivity contribution >= 4 is 0 Å². The predicted octanol–water partition coefficient (Wildman–Crippen LogP) is 3.18. The van der Waals surface area contributed by atoms with E-state index in [1.54, 1.807) is 0 Å². The molecule has 0 spiro atoms. The number of hydrogen-bond acceptors (Lipinski definition) is 2. The quantitative estimate of drug-likeness (QED) is 0.905. The molecule has 2 aliphatic rings. The number of rotatable bonds is 3. The molecule has 1 saturated heterocycles. The van der Waals surface area contributed by atoms with Crippen molar-refractivity contribution in [2.45, 2.75) is 57.9 Å².